The minimum atomic E-state index is -0.694. The lowest BCUT2D eigenvalue weighted by Gasteiger charge is -2.24. The molecule has 0 N–H and O–H groups in total. The first-order valence-corrected chi connectivity index (χ1v) is 9.03. The van der Waals surface area contributed by atoms with Crippen LogP contribution in [0.3, 0.4) is 0 Å². The maximum atomic E-state index is 12.8. The van der Waals surface area contributed by atoms with Crippen molar-refractivity contribution in [1.29, 1.82) is 0 Å². The van der Waals surface area contributed by atoms with Gasteiger partial charge < -0.3 is 9.32 Å². The van der Waals surface area contributed by atoms with Crippen molar-refractivity contribution in [2.24, 2.45) is 0 Å². The highest BCUT2D eigenvalue weighted by Gasteiger charge is 2.31. The summed E-state index contributed by atoms with van der Waals surface area (Å²) in [5.41, 5.74) is 0.325. The third-order valence-corrected chi connectivity index (χ3v) is 5.57. The van der Waals surface area contributed by atoms with Crippen LogP contribution in [0.5, 0.6) is 0 Å². The Labute approximate surface area is 151 Å². The summed E-state index contributed by atoms with van der Waals surface area (Å²) in [4.78, 5) is 38.3. The lowest BCUT2D eigenvalue weighted by atomic mass is 10.2. The van der Waals surface area contributed by atoms with Gasteiger partial charge in [-0.2, -0.15) is 0 Å². The first-order valence-electron chi connectivity index (χ1n) is 8.15. The van der Waals surface area contributed by atoms with Crippen LogP contribution in [0.1, 0.15) is 23.8 Å². The van der Waals surface area contributed by atoms with Gasteiger partial charge in [-0.25, -0.2) is 4.79 Å². The van der Waals surface area contributed by atoms with Crippen LogP contribution in [-0.2, 0) is 11.3 Å². The molecular formula is C17H15N3O5S. The summed E-state index contributed by atoms with van der Waals surface area (Å²) in [6.45, 7) is 0.432. The first kappa shape index (κ1) is 16.5. The Kier molecular flexibility index (Phi) is 4.08. The summed E-state index contributed by atoms with van der Waals surface area (Å²) in [6, 6.07) is 7.88. The minimum Gasteiger partial charge on any atom is -0.408 e. The van der Waals surface area contributed by atoms with Crippen LogP contribution in [0.25, 0.3) is 11.1 Å². The van der Waals surface area contributed by atoms with Crippen LogP contribution in [0.4, 0.5) is 5.69 Å². The Hall–Kier alpha value is -2.94. The van der Waals surface area contributed by atoms with Gasteiger partial charge in [0.25, 0.3) is 5.69 Å². The van der Waals surface area contributed by atoms with E-state index in [1.54, 1.807) is 16.2 Å². The Balaban J connectivity index is 1.65. The molecule has 4 rings (SSSR count). The van der Waals surface area contributed by atoms with E-state index in [9.17, 15) is 19.7 Å². The largest absolute Gasteiger partial charge is 0.420 e. The molecule has 1 amide bonds. The van der Waals surface area contributed by atoms with Crippen LogP contribution >= 0.6 is 11.3 Å². The molecule has 2 aromatic heterocycles. The van der Waals surface area contributed by atoms with E-state index in [1.165, 1.54) is 18.2 Å². The van der Waals surface area contributed by atoms with Crippen molar-refractivity contribution in [3.8, 4) is 0 Å². The number of nitro benzene ring substituents is 1. The highest BCUT2D eigenvalue weighted by Crippen LogP contribution is 2.34. The molecule has 134 valence electrons. The van der Waals surface area contributed by atoms with Gasteiger partial charge in [-0.3, -0.25) is 19.5 Å². The SMILES string of the molecule is O=C(Cn1c(=O)oc2ccc([N+](=O)[O-])cc21)N1CCC[C@@H]1c1cccs1. The van der Waals surface area contributed by atoms with Crippen molar-refractivity contribution in [2.75, 3.05) is 6.54 Å². The fraction of sp³-hybridized carbons (Fsp3) is 0.294. The van der Waals surface area contributed by atoms with Crippen molar-refractivity contribution in [1.82, 2.24) is 9.47 Å². The zero-order valence-corrected chi connectivity index (χ0v) is 14.5. The molecule has 8 nitrogen and oxygen atoms in total. The lowest BCUT2D eigenvalue weighted by Crippen LogP contribution is -2.35. The van der Waals surface area contributed by atoms with E-state index in [2.05, 4.69) is 0 Å². The molecule has 1 atom stereocenters. The Morgan fingerprint density at radius 3 is 2.96 bits per heavy atom. The number of oxazole rings is 1. The van der Waals surface area contributed by atoms with Gasteiger partial charge in [0.15, 0.2) is 5.58 Å². The molecular weight excluding hydrogens is 358 g/mol. The standard InChI is InChI=1S/C17H15N3O5S/c21-16(18-7-1-3-12(18)15-4-2-8-26-15)10-19-13-9-11(20(23)24)5-6-14(13)25-17(19)22/h2,4-6,8-9,12H,1,3,7,10H2/t12-/m1/s1. The van der Waals surface area contributed by atoms with Gasteiger partial charge >= 0.3 is 5.76 Å². The Morgan fingerprint density at radius 2 is 2.23 bits per heavy atom. The average molecular weight is 373 g/mol. The summed E-state index contributed by atoms with van der Waals surface area (Å²) in [6.07, 6.45) is 1.79. The van der Waals surface area contributed by atoms with Crippen LogP contribution in [-0.4, -0.2) is 26.8 Å². The number of rotatable bonds is 4. The molecule has 1 fully saturated rings. The molecule has 0 saturated carbocycles. The summed E-state index contributed by atoms with van der Waals surface area (Å²) in [5.74, 6) is -0.891. The van der Waals surface area contributed by atoms with Gasteiger partial charge in [0.05, 0.1) is 16.5 Å². The summed E-state index contributed by atoms with van der Waals surface area (Å²) >= 11 is 1.60. The Morgan fingerprint density at radius 1 is 1.38 bits per heavy atom. The normalized spacial score (nSPS) is 17.1. The number of hydrogen-bond donors (Lipinski definition) is 0. The molecule has 0 unspecified atom stereocenters. The van der Waals surface area contributed by atoms with E-state index in [4.69, 9.17) is 4.42 Å². The first-order chi connectivity index (χ1) is 12.5. The molecule has 3 heterocycles. The maximum absolute atomic E-state index is 12.8. The molecule has 26 heavy (non-hydrogen) atoms. The number of hydrogen-bond acceptors (Lipinski definition) is 6. The summed E-state index contributed by atoms with van der Waals surface area (Å²) in [7, 11) is 0. The second-order valence-electron chi connectivity index (χ2n) is 6.12. The number of carbonyl (C=O) groups is 1. The van der Waals surface area contributed by atoms with Gasteiger partial charge in [0.1, 0.15) is 6.54 Å². The molecule has 0 radical (unpaired) electrons. The molecule has 0 spiro atoms. The van der Waals surface area contributed by atoms with Gasteiger partial charge in [0, 0.05) is 23.6 Å². The van der Waals surface area contributed by atoms with Crippen molar-refractivity contribution in [3.05, 3.63) is 61.3 Å². The van der Waals surface area contributed by atoms with E-state index >= 15 is 0 Å². The molecule has 9 heteroatoms. The monoisotopic (exact) mass is 373 g/mol. The number of fused-ring (bicyclic) bond motifs is 1. The number of amides is 1. The smallest absolute Gasteiger partial charge is 0.408 e. The van der Waals surface area contributed by atoms with Crippen LogP contribution < -0.4 is 5.76 Å². The third kappa shape index (κ3) is 2.80. The second-order valence-corrected chi connectivity index (χ2v) is 7.10. The third-order valence-electron chi connectivity index (χ3n) is 4.60. The molecule has 3 aromatic rings. The van der Waals surface area contributed by atoms with Crippen LogP contribution in [0.15, 0.2) is 44.9 Å². The van der Waals surface area contributed by atoms with Crippen LogP contribution in [0.2, 0.25) is 0 Å². The fourth-order valence-electron chi connectivity index (χ4n) is 3.38. The van der Waals surface area contributed by atoms with Crippen molar-refractivity contribution in [3.63, 3.8) is 0 Å². The topological polar surface area (TPSA) is 98.6 Å². The molecule has 1 saturated heterocycles. The Bertz CT molecular complexity index is 1040. The van der Waals surface area contributed by atoms with Gasteiger partial charge in [-0.1, -0.05) is 6.07 Å². The quantitative estimate of drug-likeness (QED) is 0.517. The molecule has 0 bridgehead atoms. The lowest BCUT2D eigenvalue weighted by molar-refractivity contribution is -0.384. The number of nitrogens with zero attached hydrogens (tertiary/aromatic N) is 3. The number of likely N-dealkylation sites (tertiary alicyclic amines) is 1. The average Bonchev–Trinajstić information content (AvgIpc) is 3.34. The summed E-state index contributed by atoms with van der Waals surface area (Å²) in [5, 5.41) is 13.0. The van der Waals surface area contributed by atoms with E-state index in [-0.39, 0.29) is 35.3 Å². The van der Waals surface area contributed by atoms with E-state index < -0.39 is 10.7 Å². The molecule has 0 aliphatic carbocycles. The van der Waals surface area contributed by atoms with E-state index in [1.807, 2.05) is 17.5 Å². The maximum Gasteiger partial charge on any atom is 0.420 e. The van der Waals surface area contributed by atoms with Crippen molar-refractivity contribution >= 4 is 34.0 Å². The zero-order valence-electron chi connectivity index (χ0n) is 13.7. The number of aromatic nitrogens is 1. The van der Waals surface area contributed by atoms with E-state index in [0.29, 0.717) is 6.54 Å². The number of benzene rings is 1. The van der Waals surface area contributed by atoms with Crippen molar-refractivity contribution in [2.45, 2.75) is 25.4 Å². The molecule has 1 aliphatic heterocycles. The second kappa shape index (κ2) is 6.41. The van der Waals surface area contributed by atoms with Crippen LogP contribution in [0, 0.1) is 10.1 Å². The van der Waals surface area contributed by atoms with E-state index in [0.717, 1.165) is 22.3 Å². The molecule has 1 aliphatic rings. The van der Waals surface area contributed by atoms with Gasteiger partial charge in [-0.15, -0.1) is 11.3 Å². The predicted octanol–water partition coefficient (Wildman–Crippen LogP) is 2.93. The van der Waals surface area contributed by atoms with Gasteiger partial charge in [-0.05, 0) is 30.4 Å². The zero-order chi connectivity index (χ0) is 18.3. The van der Waals surface area contributed by atoms with Gasteiger partial charge in [0.2, 0.25) is 5.91 Å². The summed E-state index contributed by atoms with van der Waals surface area (Å²) < 4.78 is 6.27. The molecule has 1 aromatic carbocycles. The highest BCUT2D eigenvalue weighted by molar-refractivity contribution is 7.10. The number of thiophene rings is 1. The number of carbonyl (C=O) groups excluding carboxylic acids is 1. The highest BCUT2D eigenvalue weighted by atomic mass is 32.1. The number of nitro groups is 1. The minimum absolute atomic E-state index is 0.0192. The number of non-ortho nitro benzene ring substituents is 1. The fourth-order valence-corrected chi connectivity index (χ4v) is 4.26. The predicted molar refractivity (Wildman–Crippen MR) is 95.1 cm³/mol. The van der Waals surface area contributed by atoms with Crippen molar-refractivity contribution < 1.29 is 14.1 Å².